The summed E-state index contributed by atoms with van der Waals surface area (Å²) >= 11 is 0. The van der Waals surface area contributed by atoms with Crippen molar-refractivity contribution >= 4 is 5.91 Å². The van der Waals surface area contributed by atoms with E-state index < -0.39 is 36.9 Å². The third-order valence-electron chi connectivity index (χ3n) is 11.5. The van der Waals surface area contributed by atoms with Crippen LogP contribution in [-0.4, -0.2) is 57.3 Å². The first-order chi connectivity index (χ1) is 26.5. The lowest BCUT2D eigenvalue weighted by molar-refractivity contribution is -0.132. The Morgan fingerprint density at radius 2 is 0.759 bits per heavy atom. The lowest BCUT2D eigenvalue weighted by Gasteiger charge is -2.27. The zero-order valence-electron chi connectivity index (χ0n) is 36.2. The predicted octanol–water partition coefficient (Wildman–Crippen LogP) is 13.0. The molecule has 0 aromatic rings. The normalized spacial score (nSPS) is 14.1. The third kappa shape index (κ3) is 36.7. The van der Waals surface area contributed by atoms with E-state index in [9.17, 15) is 25.2 Å². The topological polar surface area (TPSA) is 110 Å². The number of hydrogen-bond acceptors (Lipinski definition) is 5. The second-order valence-corrected chi connectivity index (χ2v) is 16.8. The summed E-state index contributed by atoms with van der Waals surface area (Å²) in [6, 6.07) is -0.987. The number of carbonyl (C=O) groups is 1. The molecule has 0 rings (SSSR count). The molecular formula is C48H95NO5. The Morgan fingerprint density at radius 1 is 0.444 bits per heavy atom. The maximum atomic E-state index is 12.4. The highest BCUT2D eigenvalue weighted by molar-refractivity contribution is 5.80. The van der Waals surface area contributed by atoms with E-state index in [0.717, 1.165) is 51.4 Å². The first kappa shape index (κ1) is 53.0. The minimum absolute atomic E-state index is 0.349. The second kappa shape index (κ2) is 43.2. The summed E-state index contributed by atoms with van der Waals surface area (Å²) in [5.41, 5.74) is 0. The fourth-order valence-electron chi connectivity index (χ4n) is 7.62. The molecule has 6 heteroatoms. The van der Waals surface area contributed by atoms with Gasteiger partial charge in [-0.15, -0.1) is 0 Å². The van der Waals surface area contributed by atoms with Crippen LogP contribution in [-0.2, 0) is 4.79 Å². The van der Waals surface area contributed by atoms with Crippen molar-refractivity contribution in [2.24, 2.45) is 0 Å². The van der Waals surface area contributed by atoms with E-state index >= 15 is 0 Å². The Labute approximate surface area is 336 Å². The Morgan fingerprint density at radius 3 is 1.13 bits per heavy atom. The van der Waals surface area contributed by atoms with Crippen LogP contribution in [0.2, 0.25) is 0 Å². The minimum atomic E-state index is -1.26. The summed E-state index contributed by atoms with van der Waals surface area (Å²) in [4.78, 5) is 12.4. The van der Waals surface area contributed by atoms with Crippen LogP contribution in [0.25, 0.3) is 0 Å². The van der Waals surface area contributed by atoms with Gasteiger partial charge in [-0.25, -0.2) is 0 Å². The first-order valence-electron chi connectivity index (χ1n) is 24.1. The molecule has 0 saturated carbocycles. The quantitative estimate of drug-likeness (QED) is 0.0313. The molecule has 5 N–H and O–H groups in total. The van der Waals surface area contributed by atoms with Crippen LogP contribution >= 0.6 is 0 Å². The van der Waals surface area contributed by atoms with E-state index in [1.54, 1.807) is 0 Å². The minimum Gasteiger partial charge on any atom is -0.394 e. The average molecular weight is 766 g/mol. The molecule has 0 aliphatic heterocycles. The molecule has 0 aromatic carbocycles. The maximum absolute atomic E-state index is 12.4. The summed E-state index contributed by atoms with van der Waals surface area (Å²) in [6.45, 7) is 4.00. The van der Waals surface area contributed by atoms with Crippen molar-refractivity contribution in [3.05, 3.63) is 12.2 Å². The number of amides is 1. The molecule has 1 amide bonds. The number of nitrogens with one attached hydrogen (secondary N) is 1. The number of unbranched alkanes of at least 4 members (excludes halogenated alkanes) is 33. The van der Waals surface area contributed by atoms with Crippen LogP contribution in [0.15, 0.2) is 12.2 Å². The van der Waals surface area contributed by atoms with Gasteiger partial charge in [-0.05, 0) is 32.1 Å². The lowest BCUT2D eigenvalue weighted by atomic mass is 9.99. The van der Waals surface area contributed by atoms with Gasteiger partial charge in [0.2, 0.25) is 5.91 Å². The molecule has 0 radical (unpaired) electrons. The highest BCUT2D eigenvalue weighted by Crippen LogP contribution is 2.18. The lowest BCUT2D eigenvalue weighted by Crippen LogP contribution is -2.53. The molecule has 4 atom stereocenters. The number of hydrogen-bond donors (Lipinski definition) is 5. The number of rotatable bonds is 44. The van der Waals surface area contributed by atoms with E-state index in [2.05, 4.69) is 31.3 Å². The zero-order chi connectivity index (χ0) is 39.6. The Kier molecular flexibility index (Phi) is 42.4. The van der Waals surface area contributed by atoms with Crippen LogP contribution in [0.4, 0.5) is 0 Å². The molecule has 54 heavy (non-hydrogen) atoms. The van der Waals surface area contributed by atoms with Crippen molar-refractivity contribution in [2.75, 3.05) is 6.61 Å². The van der Waals surface area contributed by atoms with Crippen LogP contribution in [0.3, 0.4) is 0 Å². The third-order valence-corrected chi connectivity index (χ3v) is 11.5. The van der Waals surface area contributed by atoms with Gasteiger partial charge in [0.1, 0.15) is 12.2 Å². The fourth-order valence-corrected chi connectivity index (χ4v) is 7.62. The summed E-state index contributed by atoms with van der Waals surface area (Å²) in [5, 5.41) is 43.6. The van der Waals surface area contributed by atoms with Crippen LogP contribution in [0.1, 0.15) is 258 Å². The molecule has 0 aliphatic carbocycles. The highest BCUT2D eigenvalue weighted by atomic mass is 16.3. The smallest absolute Gasteiger partial charge is 0.249 e. The SMILES string of the molecule is CCCC/C=C\CCCCCC(O)C(=O)NC(CO)C(O)C(O)CCCCCCCCCCCCCCCCCCCCCCCCCCCCCCC. The van der Waals surface area contributed by atoms with Gasteiger partial charge >= 0.3 is 0 Å². The summed E-state index contributed by atoms with van der Waals surface area (Å²) < 4.78 is 0. The van der Waals surface area contributed by atoms with Crippen LogP contribution < -0.4 is 5.32 Å². The maximum Gasteiger partial charge on any atom is 0.249 e. The van der Waals surface area contributed by atoms with E-state index in [1.807, 2.05) is 0 Å². The molecule has 0 saturated heterocycles. The molecule has 322 valence electrons. The number of aliphatic hydroxyl groups is 4. The van der Waals surface area contributed by atoms with Crippen molar-refractivity contribution in [2.45, 2.75) is 282 Å². The van der Waals surface area contributed by atoms with Crippen molar-refractivity contribution in [1.29, 1.82) is 0 Å². The first-order valence-corrected chi connectivity index (χ1v) is 24.1. The van der Waals surface area contributed by atoms with Gasteiger partial charge < -0.3 is 25.7 Å². The van der Waals surface area contributed by atoms with Crippen molar-refractivity contribution in [1.82, 2.24) is 5.32 Å². The van der Waals surface area contributed by atoms with E-state index in [1.165, 1.54) is 180 Å². The van der Waals surface area contributed by atoms with Gasteiger partial charge in [0.05, 0.1) is 18.8 Å². The van der Waals surface area contributed by atoms with Crippen molar-refractivity contribution < 1.29 is 25.2 Å². The number of aliphatic hydroxyl groups excluding tert-OH is 4. The summed E-state index contributed by atoms with van der Waals surface area (Å²) in [5.74, 6) is -0.597. The van der Waals surface area contributed by atoms with Crippen molar-refractivity contribution in [3.63, 3.8) is 0 Å². The standard InChI is InChI=1S/C48H95NO5/c1-3-5-7-9-11-13-14-15-16-17-18-19-20-21-22-23-24-25-26-27-28-29-30-31-32-34-35-37-39-41-45(51)47(53)44(43-50)49-48(54)46(52)42-40-38-36-33-12-10-8-6-4-2/h10,12,44-47,50-53H,3-9,11,13-43H2,1-2H3,(H,49,54)/b12-10-. The molecule has 4 unspecified atom stereocenters. The largest absolute Gasteiger partial charge is 0.394 e. The Hall–Kier alpha value is -0.950. The molecule has 6 nitrogen and oxygen atoms in total. The summed E-state index contributed by atoms with van der Waals surface area (Å²) in [7, 11) is 0. The van der Waals surface area contributed by atoms with Gasteiger partial charge in [-0.2, -0.15) is 0 Å². The van der Waals surface area contributed by atoms with Gasteiger partial charge in [0.25, 0.3) is 0 Å². The molecule has 0 spiro atoms. The Balaban J connectivity index is 3.54. The molecule has 0 fully saturated rings. The highest BCUT2D eigenvalue weighted by Gasteiger charge is 2.28. The fraction of sp³-hybridized carbons (Fsp3) is 0.938. The van der Waals surface area contributed by atoms with Crippen LogP contribution in [0, 0.1) is 0 Å². The second-order valence-electron chi connectivity index (χ2n) is 16.8. The van der Waals surface area contributed by atoms with Crippen LogP contribution in [0.5, 0.6) is 0 Å². The zero-order valence-corrected chi connectivity index (χ0v) is 36.2. The van der Waals surface area contributed by atoms with Gasteiger partial charge in [-0.1, -0.05) is 238 Å². The van der Waals surface area contributed by atoms with Crippen molar-refractivity contribution in [3.8, 4) is 0 Å². The number of carbonyl (C=O) groups excluding carboxylic acids is 1. The molecular weight excluding hydrogens is 671 g/mol. The molecule has 0 aliphatic rings. The van der Waals surface area contributed by atoms with E-state index in [-0.39, 0.29) is 0 Å². The monoisotopic (exact) mass is 766 g/mol. The molecule has 0 aromatic heterocycles. The predicted molar refractivity (Wildman–Crippen MR) is 233 cm³/mol. The molecule has 0 bridgehead atoms. The van der Waals surface area contributed by atoms with E-state index in [4.69, 9.17) is 0 Å². The van der Waals surface area contributed by atoms with E-state index in [0.29, 0.717) is 12.8 Å². The van der Waals surface area contributed by atoms with Gasteiger partial charge in [0, 0.05) is 0 Å². The molecule has 0 heterocycles. The number of allylic oxidation sites excluding steroid dienone is 2. The van der Waals surface area contributed by atoms with Gasteiger partial charge in [-0.3, -0.25) is 4.79 Å². The van der Waals surface area contributed by atoms with Gasteiger partial charge in [0.15, 0.2) is 0 Å². The average Bonchev–Trinajstić information content (AvgIpc) is 3.18. The Bertz CT molecular complexity index is 776. The summed E-state index contributed by atoms with van der Waals surface area (Å²) in [6.07, 6.45) is 48.6.